The Balaban J connectivity index is 1.84. The number of ether oxygens (including phenoxy) is 1. The van der Waals surface area contributed by atoms with Crippen LogP contribution in [0, 0.1) is 5.92 Å². The molecule has 1 fully saturated rings. The van der Waals surface area contributed by atoms with E-state index in [1.807, 2.05) is 12.5 Å². The van der Waals surface area contributed by atoms with Gasteiger partial charge in [-0.15, -0.1) is 0 Å². The molecule has 2 rings (SSSR count). The summed E-state index contributed by atoms with van der Waals surface area (Å²) in [5, 5.41) is 3.42. The summed E-state index contributed by atoms with van der Waals surface area (Å²) < 4.78 is 7.79. The third-order valence-corrected chi connectivity index (χ3v) is 3.24. The first-order valence-corrected chi connectivity index (χ1v) is 6.67. The molecule has 1 unspecified atom stereocenters. The van der Waals surface area contributed by atoms with E-state index < -0.39 is 0 Å². The number of aromatic nitrogens is 2. The summed E-state index contributed by atoms with van der Waals surface area (Å²) in [6.07, 6.45) is 7.55. The molecule has 17 heavy (non-hydrogen) atoms. The molecule has 1 aromatic heterocycles. The lowest BCUT2D eigenvalue weighted by molar-refractivity contribution is 0.0480. The van der Waals surface area contributed by atoms with Crippen molar-refractivity contribution in [2.45, 2.75) is 39.3 Å². The van der Waals surface area contributed by atoms with Gasteiger partial charge >= 0.3 is 0 Å². The molecule has 4 heteroatoms. The predicted octanol–water partition coefficient (Wildman–Crippen LogP) is 1.81. The average molecular weight is 237 g/mol. The quantitative estimate of drug-likeness (QED) is 0.767. The first kappa shape index (κ1) is 12.6. The topological polar surface area (TPSA) is 39.1 Å². The summed E-state index contributed by atoms with van der Waals surface area (Å²) in [6, 6.07) is 0. The Hall–Kier alpha value is -0.870. The van der Waals surface area contributed by atoms with Crippen molar-refractivity contribution in [2.24, 2.45) is 5.92 Å². The third kappa shape index (κ3) is 3.82. The summed E-state index contributed by atoms with van der Waals surface area (Å²) in [6.45, 7) is 7.05. The lowest BCUT2D eigenvalue weighted by atomic mass is 10.0. The molecule has 1 aromatic rings. The van der Waals surface area contributed by atoms with Crippen LogP contribution in [0.5, 0.6) is 0 Å². The van der Waals surface area contributed by atoms with Crippen LogP contribution in [0.3, 0.4) is 0 Å². The van der Waals surface area contributed by atoms with E-state index in [9.17, 15) is 0 Å². The van der Waals surface area contributed by atoms with Crippen LogP contribution in [-0.4, -0.2) is 29.3 Å². The van der Waals surface area contributed by atoms with E-state index in [1.165, 1.54) is 25.0 Å². The Morgan fingerprint density at radius 3 is 3.29 bits per heavy atom. The predicted molar refractivity (Wildman–Crippen MR) is 67.8 cm³/mol. The number of imidazole rings is 1. The number of nitrogens with one attached hydrogen (secondary N) is 1. The monoisotopic (exact) mass is 237 g/mol. The highest BCUT2D eigenvalue weighted by Crippen LogP contribution is 2.16. The van der Waals surface area contributed by atoms with Crippen molar-refractivity contribution in [3.05, 3.63) is 18.2 Å². The zero-order valence-corrected chi connectivity index (χ0v) is 10.7. The van der Waals surface area contributed by atoms with Gasteiger partial charge < -0.3 is 14.6 Å². The molecular weight excluding hydrogens is 214 g/mol. The average Bonchev–Trinajstić information content (AvgIpc) is 2.79. The van der Waals surface area contributed by atoms with E-state index in [-0.39, 0.29) is 0 Å². The second kappa shape index (κ2) is 6.77. The molecule has 2 heterocycles. The van der Waals surface area contributed by atoms with Gasteiger partial charge in [-0.2, -0.15) is 0 Å². The Morgan fingerprint density at radius 1 is 1.59 bits per heavy atom. The minimum atomic E-state index is 0.655. The molecule has 0 amide bonds. The van der Waals surface area contributed by atoms with Gasteiger partial charge in [0.1, 0.15) is 0 Å². The van der Waals surface area contributed by atoms with E-state index >= 15 is 0 Å². The fraction of sp³-hybridized carbons (Fsp3) is 0.769. The fourth-order valence-corrected chi connectivity index (χ4v) is 2.28. The normalized spacial score (nSPS) is 20.6. The van der Waals surface area contributed by atoms with E-state index in [1.54, 1.807) is 0 Å². The van der Waals surface area contributed by atoms with Gasteiger partial charge in [-0.1, -0.05) is 6.92 Å². The first-order valence-electron chi connectivity index (χ1n) is 6.67. The van der Waals surface area contributed by atoms with Crippen LogP contribution in [0.25, 0.3) is 0 Å². The van der Waals surface area contributed by atoms with Gasteiger partial charge in [-0.25, -0.2) is 4.98 Å². The van der Waals surface area contributed by atoms with Gasteiger partial charge in [-0.05, 0) is 25.8 Å². The summed E-state index contributed by atoms with van der Waals surface area (Å²) in [7, 11) is 0. The van der Waals surface area contributed by atoms with Crippen LogP contribution in [0.2, 0.25) is 0 Å². The van der Waals surface area contributed by atoms with E-state index in [0.717, 1.165) is 32.8 Å². The molecule has 1 N–H and O–H groups in total. The van der Waals surface area contributed by atoms with E-state index in [4.69, 9.17) is 4.74 Å². The van der Waals surface area contributed by atoms with Gasteiger partial charge in [0.15, 0.2) is 0 Å². The molecule has 0 radical (unpaired) electrons. The van der Waals surface area contributed by atoms with Crippen LogP contribution in [0.4, 0.5) is 0 Å². The minimum Gasteiger partial charge on any atom is -0.381 e. The molecule has 0 spiro atoms. The SMILES string of the molecule is CCCNCc1cncn1CC1CCCOC1. The zero-order valence-electron chi connectivity index (χ0n) is 10.7. The maximum absolute atomic E-state index is 5.52. The molecule has 0 saturated carbocycles. The molecule has 0 aliphatic carbocycles. The van der Waals surface area contributed by atoms with Crippen LogP contribution in [0.1, 0.15) is 31.9 Å². The van der Waals surface area contributed by atoms with Crippen molar-refractivity contribution >= 4 is 0 Å². The van der Waals surface area contributed by atoms with Gasteiger partial charge in [0.2, 0.25) is 0 Å². The summed E-state index contributed by atoms with van der Waals surface area (Å²) >= 11 is 0. The van der Waals surface area contributed by atoms with Gasteiger partial charge in [-0.3, -0.25) is 0 Å². The van der Waals surface area contributed by atoms with Crippen LogP contribution >= 0.6 is 0 Å². The maximum Gasteiger partial charge on any atom is 0.0948 e. The highest BCUT2D eigenvalue weighted by atomic mass is 16.5. The Kier molecular flexibility index (Phi) is 5.01. The summed E-state index contributed by atoms with van der Waals surface area (Å²) in [5.41, 5.74) is 1.28. The first-order chi connectivity index (χ1) is 8.40. The number of rotatable bonds is 6. The molecule has 1 saturated heterocycles. The summed E-state index contributed by atoms with van der Waals surface area (Å²) in [5.74, 6) is 0.655. The van der Waals surface area contributed by atoms with Crippen LogP contribution in [-0.2, 0) is 17.8 Å². The van der Waals surface area contributed by atoms with Crippen LogP contribution in [0.15, 0.2) is 12.5 Å². The lowest BCUT2D eigenvalue weighted by Crippen LogP contribution is -2.24. The molecule has 1 aliphatic heterocycles. The van der Waals surface area contributed by atoms with Crippen molar-refractivity contribution in [1.29, 1.82) is 0 Å². The Morgan fingerprint density at radius 2 is 2.53 bits per heavy atom. The largest absolute Gasteiger partial charge is 0.381 e. The smallest absolute Gasteiger partial charge is 0.0948 e. The zero-order chi connectivity index (χ0) is 11.9. The Bertz CT molecular complexity index is 318. The molecule has 0 aromatic carbocycles. The molecule has 1 atom stereocenters. The molecular formula is C13H23N3O. The number of hydrogen-bond acceptors (Lipinski definition) is 3. The van der Waals surface area contributed by atoms with Gasteiger partial charge in [0.05, 0.1) is 18.6 Å². The highest BCUT2D eigenvalue weighted by molar-refractivity contribution is 4.98. The van der Waals surface area contributed by atoms with Crippen molar-refractivity contribution in [3.8, 4) is 0 Å². The van der Waals surface area contributed by atoms with E-state index in [0.29, 0.717) is 5.92 Å². The lowest BCUT2D eigenvalue weighted by Gasteiger charge is -2.23. The third-order valence-electron chi connectivity index (χ3n) is 3.24. The second-order valence-electron chi connectivity index (χ2n) is 4.80. The maximum atomic E-state index is 5.52. The fourth-order valence-electron chi connectivity index (χ4n) is 2.28. The van der Waals surface area contributed by atoms with E-state index in [2.05, 4.69) is 21.8 Å². The standard InChI is InChI=1S/C13H23N3O/c1-2-5-14-7-13-8-15-11-16(13)9-12-4-3-6-17-10-12/h8,11-12,14H,2-7,9-10H2,1H3. The number of nitrogens with zero attached hydrogens (tertiary/aromatic N) is 2. The molecule has 4 nitrogen and oxygen atoms in total. The molecule has 96 valence electrons. The summed E-state index contributed by atoms with van der Waals surface area (Å²) in [4.78, 5) is 4.25. The Labute approximate surface area is 103 Å². The van der Waals surface area contributed by atoms with Crippen LogP contribution < -0.4 is 5.32 Å². The van der Waals surface area contributed by atoms with Crippen molar-refractivity contribution < 1.29 is 4.74 Å². The van der Waals surface area contributed by atoms with Crippen molar-refractivity contribution in [3.63, 3.8) is 0 Å². The molecule has 0 bridgehead atoms. The minimum absolute atomic E-state index is 0.655. The molecule has 1 aliphatic rings. The van der Waals surface area contributed by atoms with Gasteiger partial charge in [0.25, 0.3) is 0 Å². The van der Waals surface area contributed by atoms with Gasteiger partial charge in [0, 0.05) is 31.8 Å². The van der Waals surface area contributed by atoms with Crippen molar-refractivity contribution in [1.82, 2.24) is 14.9 Å². The highest BCUT2D eigenvalue weighted by Gasteiger charge is 2.15. The second-order valence-corrected chi connectivity index (χ2v) is 4.80. The number of hydrogen-bond donors (Lipinski definition) is 1. The van der Waals surface area contributed by atoms with Crippen molar-refractivity contribution in [2.75, 3.05) is 19.8 Å².